The lowest BCUT2D eigenvalue weighted by Gasteiger charge is -2.08. The van der Waals surface area contributed by atoms with Crippen LogP contribution in [0.1, 0.15) is 27.9 Å². The van der Waals surface area contributed by atoms with E-state index in [-0.39, 0.29) is 18.2 Å². The number of benzene rings is 3. The zero-order valence-corrected chi connectivity index (χ0v) is 15.7. The summed E-state index contributed by atoms with van der Waals surface area (Å²) in [6.45, 7) is 0. The Bertz CT molecular complexity index is 1040. The summed E-state index contributed by atoms with van der Waals surface area (Å²) in [4.78, 5) is 23.2. The van der Waals surface area contributed by atoms with Gasteiger partial charge in [0.25, 0.3) is 5.91 Å². The number of carboxylic acids is 1. The first-order valence-corrected chi connectivity index (χ1v) is 9.09. The van der Waals surface area contributed by atoms with Gasteiger partial charge in [-0.25, -0.2) is 0 Å². The Morgan fingerprint density at radius 3 is 2.03 bits per heavy atom. The van der Waals surface area contributed by atoms with Crippen molar-refractivity contribution in [1.82, 2.24) is 0 Å². The molecular weight excluding hydrogens is 366 g/mol. The molecule has 3 rings (SSSR count). The van der Waals surface area contributed by atoms with Crippen molar-refractivity contribution in [2.24, 2.45) is 5.73 Å². The van der Waals surface area contributed by atoms with Crippen molar-refractivity contribution in [3.05, 3.63) is 89.5 Å². The highest BCUT2D eigenvalue weighted by Gasteiger charge is 2.08. The van der Waals surface area contributed by atoms with Crippen LogP contribution in [0.3, 0.4) is 0 Å². The van der Waals surface area contributed by atoms with Gasteiger partial charge in [0.05, 0.1) is 0 Å². The van der Waals surface area contributed by atoms with Crippen molar-refractivity contribution in [1.29, 1.82) is 5.41 Å². The van der Waals surface area contributed by atoms with Gasteiger partial charge >= 0.3 is 5.97 Å². The minimum absolute atomic E-state index is 0.0237. The minimum atomic E-state index is -0.851. The number of carbonyl (C=O) groups excluding carboxylic acids is 1. The highest BCUT2D eigenvalue weighted by molar-refractivity contribution is 6.04. The predicted octanol–water partition coefficient (Wildman–Crippen LogP) is 3.91. The molecule has 0 heterocycles. The van der Waals surface area contributed by atoms with Crippen LogP contribution in [0, 0.1) is 5.41 Å². The van der Waals surface area contributed by atoms with Crippen LogP contribution in [0.5, 0.6) is 0 Å². The standard InChI is InChI=1S/C23H21N3O3/c24-22(25)18-9-5-16(6-10-18)17-7-11-19(12-8-17)23(29)26-20-3-1-2-15(14-20)4-13-21(27)28/h1-3,5-12,14H,4,13H2,(H3,24,25)(H,26,29)(H,27,28). The van der Waals surface area contributed by atoms with Crippen molar-refractivity contribution >= 4 is 23.4 Å². The molecule has 0 saturated heterocycles. The number of nitrogens with two attached hydrogens (primary N) is 1. The number of amides is 1. The number of aryl methyl sites for hydroxylation is 1. The van der Waals surface area contributed by atoms with E-state index in [4.69, 9.17) is 16.2 Å². The summed E-state index contributed by atoms with van der Waals surface area (Å²) >= 11 is 0. The molecule has 0 unspecified atom stereocenters. The molecule has 3 aromatic rings. The summed E-state index contributed by atoms with van der Waals surface area (Å²) in [5.41, 5.74) is 10.1. The van der Waals surface area contributed by atoms with E-state index in [0.717, 1.165) is 16.7 Å². The van der Waals surface area contributed by atoms with Gasteiger partial charge in [0.1, 0.15) is 5.84 Å². The molecule has 0 aromatic heterocycles. The van der Waals surface area contributed by atoms with Gasteiger partial charge in [0.2, 0.25) is 0 Å². The molecular formula is C23H21N3O3. The van der Waals surface area contributed by atoms with Crippen LogP contribution in [0.25, 0.3) is 11.1 Å². The third kappa shape index (κ3) is 5.29. The first-order valence-electron chi connectivity index (χ1n) is 9.09. The maximum Gasteiger partial charge on any atom is 0.303 e. The molecule has 6 nitrogen and oxygen atoms in total. The number of hydrogen-bond donors (Lipinski definition) is 4. The highest BCUT2D eigenvalue weighted by atomic mass is 16.4. The van der Waals surface area contributed by atoms with E-state index in [1.807, 2.05) is 30.3 Å². The maximum absolute atomic E-state index is 12.5. The second kappa shape index (κ2) is 8.84. The van der Waals surface area contributed by atoms with E-state index in [1.165, 1.54) is 0 Å². The fraction of sp³-hybridized carbons (Fsp3) is 0.0870. The Kier molecular flexibility index (Phi) is 6.04. The zero-order valence-electron chi connectivity index (χ0n) is 15.7. The molecule has 0 aliphatic carbocycles. The molecule has 0 aliphatic rings. The van der Waals surface area contributed by atoms with Crippen LogP contribution >= 0.6 is 0 Å². The normalized spacial score (nSPS) is 10.3. The van der Waals surface area contributed by atoms with Crippen LogP contribution in [0.2, 0.25) is 0 Å². The molecule has 3 aromatic carbocycles. The Morgan fingerprint density at radius 2 is 1.48 bits per heavy atom. The van der Waals surface area contributed by atoms with E-state index < -0.39 is 5.97 Å². The predicted molar refractivity (Wildman–Crippen MR) is 113 cm³/mol. The lowest BCUT2D eigenvalue weighted by atomic mass is 10.0. The summed E-state index contributed by atoms with van der Waals surface area (Å²) in [6.07, 6.45) is 0.461. The second-order valence-corrected chi connectivity index (χ2v) is 6.62. The molecule has 146 valence electrons. The van der Waals surface area contributed by atoms with Gasteiger partial charge in [-0.3, -0.25) is 15.0 Å². The minimum Gasteiger partial charge on any atom is -0.481 e. The van der Waals surface area contributed by atoms with Crippen LogP contribution in [0.15, 0.2) is 72.8 Å². The number of amidine groups is 1. The molecule has 6 heteroatoms. The number of hydrogen-bond acceptors (Lipinski definition) is 3. The third-order valence-corrected chi connectivity index (χ3v) is 4.49. The molecule has 0 aliphatic heterocycles. The molecule has 5 N–H and O–H groups in total. The van der Waals surface area contributed by atoms with Crippen molar-refractivity contribution < 1.29 is 14.7 Å². The summed E-state index contributed by atoms with van der Waals surface area (Å²) in [6, 6.07) is 21.7. The summed E-state index contributed by atoms with van der Waals surface area (Å²) in [5.74, 6) is -1.06. The smallest absolute Gasteiger partial charge is 0.303 e. The summed E-state index contributed by atoms with van der Waals surface area (Å²) in [7, 11) is 0. The van der Waals surface area contributed by atoms with Gasteiger partial charge < -0.3 is 16.2 Å². The Morgan fingerprint density at radius 1 is 0.897 bits per heavy atom. The van der Waals surface area contributed by atoms with Crippen LogP contribution in [-0.2, 0) is 11.2 Å². The van der Waals surface area contributed by atoms with Crippen LogP contribution < -0.4 is 11.1 Å². The average Bonchev–Trinajstić information content (AvgIpc) is 2.72. The van der Waals surface area contributed by atoms with E-state index >= 15 is 0 Å². The lowest BCUT2D eigenvalue weighted by Crippen LogP contribution is -2.12. The number of carbonyl (C=O) groups is 2. The second-order valence-electron chi connectivity index (χ2n) is 6.62. The van der Waals surface area contributed by atoms with Crippen molar-refractivity contribution in [3.63, 3.8) is 0 Å². The van der Waals surface area contributed by atoms with E-state index in [1.54, 1.807) is 42.5 Å². The molecule has 0 saturated carbocycles. The zero-order chi connectivity index (χ0) is 20.8. The molecule has 29 heavy (non-hydrogen) atoms. The number of aliphatic carboxylic acids is 1. The molecule has 1 amide bonds. The van der Waals surface area contributed by atoms with Gasteiger partial charge in [-0.15, -0.1) is 0 Å². The molecule has 0 atom stereocenters. The molecule has 0 radical (unpaired) electrons. The SMILES string of the molecule is N=C(N)c1ccc(-c2ccc(C(=O)Nc3cccc(CCC(=O)O)c3)cc2)cc1. The number of nitrogen functional groups attached to an aromatic ring is 1. The van der Waals surface area contributed by atoms with Gasteiger partial charge in [0, 0.05) is 23.2 Å². The largest absolute Gasteiger partial charge is 0.481 e. The summed E-state index contributed by atoms with van der Waals surface area (Å²) in [5, 5.41) is 19.1. The van der Waals surface area contributed by atoms with Gasteiger partial charge in [-0.1, -0.05) is 48.5 Å². The third-order valence-electron chi connectivity index (χ3n) is 4.49. The van der Waals surface area contributed by atoms with Gasteiger partial charge in [0.15, 0.2) is 0 Å². The fourth-order valence-electron chi connectivity index (χ4n) is 2.92. The number of anilines is 1. The monoisotopic (exact) mass is 387 g/mol. The average molecular weight is 387 g/mol. The van der Waals surface area contributed by atoms with Crippen molar-refractivity contribution in [3.8, 4) is 11.1 Å². The first kappa shape index (κ1) is 19.8. The molecule has 0 fully saturated rings. The number of carboxylic acid groups (broad SMARTS) is 1. The lowest BCUT2D eigenvalue weighted by molar-refractivity contribution is -0.136. The first-order chi connectivity index (χ1) is 13.9. The van der Waals surface area contributed by atoms with E-state index in [2.05, 4.69) is 5.32 Å². The summed E-state index contributed by atoms with van der Waals surface area (Å²) < 4.78 is 0. The maximum atomic E-state index is 12.5. The topological polar surface area (TPSA) is 116 Å². The quantitative estimate of drug-likeness (QED) is 0.363. The number of nitrogens with one attached hydrogen (secondary N) is 2. The van der Waals surface area contributed by atoms with E-state index in [9.17, 15) is 9.59 Å². The molecule has 0 bridgehead atoms. The highest BCUT2D eigenvalue weighted by Crippen LogP contribution is 2.21. The fourth-order valence-corrected chi connectivity index (χ4v) is 2.92. The Balaban J connectivity index is 1.68. The van der Waals surface area contributed by atoms with Crippen molar-refractivity contribution in [2.75, 3.05) is 5.32 Å². The Labute approximate surface area is 168 Å². The Hall–Kier alpha value is -3.93. The van der Waals surface area contributed by atoms with Crippen LogP contribution in [0.4, 0.5) is 5.69 Å². The van der Waals surface area contributed by atoms with Gasteiger partial charge in [-0.2, -0.15) is 0 Å². The van der Waals surface area contributed by atoms with Crippen molar-refractivity contribution in [2.45, 2.75) is 12.8 Å². The molecule has 0 spiro atoms. The van der Waals surface area contributed by atoms with Crippen LogP contribution in [-0.4, -0.2) is 22.8 Å². The van der Waals surface area contributed by atoms with Gasteiger partial charge in [-0.05, 0) is 47.4 Å². The van der Waals surface area contributed by atoms with E-state index in [0.29, 0.717) is 23.2 Å². The number of rotatable bonds is 7.